The zero-order chi connectivity index (χ0) is 15.1. The van der Waals surface area contributed by atoms with Crippen molar-refractivity contribution in [2.45, 2.75) is 44.1 Å². The number of anilines is 1. The van der Waals surface area contributed by atoms with E-state index in [0.717, 1.165) is 44.1 Å². The summed E-state index contributed by atoms with van der Waals surface area (Å²) in [5.74, 6) is 2.53. The molecule has 2 amide bonds. The van der Waals surface area contributed by atoms with Crippen LogP contribution in [0.3, 0.4) is 0 Å². The van der Waals surface area contributed by atoms with Gasteiger partial charge in [0.05, 0.1) is 5.60 Å². The van der Waals surface area contributed by atoms with Gasteiger partial charge in [0.1, 0.15) is 0 Å². The van der Waals surface area contributed by atoms with Crippen LogP contribution < -0.4 is 10.6 Å². The van der Waals surface area contributed by atoms with Crippen LogP contribution in [0.2, 0.25) is 0 Å². The Morgan fingerprint density at radius 2 is 2.00 bits per heavy atom. The third-order valence-corrected chi connectivity index (χ3v) is 3.90. The highest BCUT2D eigenvalue weighted by Gasteiger charge is 2.28. The van der Waals surface area contributed by atoms with Gasteiger partial charge in [-0.1, -0.05) is 37.7 Å². The standard InChI is InChI=1S/C17H22N2O2/c1-2-14-8-7-9-15(12-14)19-16(20)18-13-17(21)10-5-3-4-6-11-17/h1,7-9,12,21H,3-6,10-11,13H2,(H2,18,19,20). The Kier molecular flexibility index (Phi) is 5.24. The predicted octanol–water partition coefficient (Wildman–Crippen LogP) is 2.87. The molecule has 4 nitrogen and oxygen atoms in total. The lowest BCUT2D eigenvalue weighted by atomic mass is 9.95. The first-order valence-corrected chi connectivity index (χ1v) is 7.45. The van der Waals surface area contributed by atoms with E-state index in [4.69, 9.17) is 6.42 Å². The Morgan fingerprint density at radius 3 is 2.67 bits per heavy atom. The molecule has 0 spiro atoms. The quantitative estimate of drug-likeness (QED) is 0.591. The Hall–Kier alpha value is -1.99. The lowest BCUT2D eigenvalue weighted by Gasteiger charge is -2.26. The van der Waals surface area contributed by atoms with Crippen LogP contribution in [0.25, 0.3) is 0 Å². The van der Waals surface area contributed by atoms with E-state index < -0.39 is 5.60 Å². The Labute approximate surface area is 125 Å². The molecular formula is C17H22N2O2. The number of carbonyl (C=O) groups is 1. The van der Waals surface area contributed by atoms with E-state index in [0.29, 0.717) is 5.69 Å². The molecule has 112 valence electrons. The van der Waals surface area contributed by atoms with E-state index in [1.165, 1.54) is 0 Å². The lowest BCUT2D eigenvalue weighted by Crippen LogP contribution is -2.44. The van der Waals surface area contributed by atoms with Gasteiger partial charge < -0.3 is 15.7 Å². The van der Waals surface area contributed by atoms with Crippen molar-refractivity contribution < 1.29 is 9.90 Å². The third kappa shape index (κ3) is 4.80. The number of carbonyl (C=O) groups excluding carboxylic acids is 1. The van der Waals surface area contributed by atoms with Gasteiger partial charge in [0.15, 0.2) is 0 Å². The molecule has 0 atom stereocenters. The van der Waals surface area contributed by atoms with E-state index in [9.17, 15) is 9.90 Å². The Morgan fingerprint density at radius 1 is 1.29 bits per heavy atom. The number of hydrogen-bond acceptors (Lipinski definition) is 2. The molecule has 4 heteroatoms. The smallest absolute Gasteiger partial charge is 0.319 e. The van der Waals surface area contributed by atoms with Gasteiger partial charge in [-0.25, -0.2) is 4.79 Å². The molecule has 0 bridgehead atoms. The highest BCUT2D eigenvalue weighted by atomic mass is 16.3. The van der Waals surface area contributed by atoms with Crippen LogP contribution in [0.4, 0.5) is 10.5 Å². The van der Waals surface area contributed by atoms with Gasteiger partial charge in [-0.05, 0) is 31.0 Å². The summed E-state index contributed by atoms with van der Waals surface area (Å²) < 4.78 is 0. The van der Waals surface area contributed by atoms with E-state index in [1.54, 1.807) is 24.3 Å². The number of hydrogen-bond donors (Lipinski definition) is 3. The minimum absolute atomic E-state index is 0.285. The molecule has 3 N–H and O–H groups in total. The fraction of sp³-hybridized carbons (Fsp3) is 0.471. The molecule has 1 fully saturated rings. The van der Waals surface area contributed by atoms with Crippen LogP contribution in [0.1, 0.15) is 44.1 Å². The zero-order valence-corrected chi connectivity index (χ0v) is 12.2. The average Bonchev–Trinajstić information content (AvgIpc) is 2.71. The molecule has 1 aliphatic rings. The highest BCUT2D eigenvalue weighted by Crippen LogP contribution is 2.26. The van der Waals surface area contributed by atoms with Crippen LogP contribution >= 0.6 is 0 Å². The zero-order valence-electron chi connectivity index (χ0n) is 12.2. The largest absolute Gasteiger partial charge is 0.388 e. The molecule has 21 heavy (non-hydrogen) atoms. The second-order valence-electron chi connectivity index (χ2n) is 5.67. The maximum absolute atomic E-state index is 11.9. The first kappa shape index (κ1) is 15.4. The normalized spacial score (nSPS) is 17.3. The minimum Gasteiger partial charge on any atom is -0.388 e. The van der Waals surface area contributed by atoms with Gasteiger partial charge in [0, 0.05) is 17.8 Å². The van der Waals surface area contributed by atoms with Crippen molar-refractivity contribution in [2.75, 3.05) is 11.9 Å². The Bertz CT molecular complexity index is 526. The van der Waals surface area contributed by atoms with E-state index in [-0.39, 0.29) is 12.6 Å². The second kappa shape index (κ2) is 7.14. The summed E-state index contributed by atoms with van der Waals surface area (Å²) in [7, 11) is 0. The van der Waals surface area contributed by atoms with Crippen molar-refractivity contribution in [3.05, 3.63) is 29.8 Å². The fourth-order valence-corrected chi connectivity index (χ4v) is 2.67. The van der Waals surface area contributed by atoms with Crippen LogP contribution in [-0.2, 0) is 0 Å². The van der Waals surface area contributed by atoms with E-state index in [1.807, 2.05) is 0 Å². The van der Waals surface area contributed by atoms with Gasteiger partial charge in [-0.15, -0.1) is 6.42 Å². The van der Waals surface area contributed by atoms with Crippen LogP contribution in [0, 0.1) is 12.3 Å². The predicted molar refractivity (Wildman–Crippen MR) is 84.1 cm³/mol. The first-order valence-electron chi connectivity index (χ1n) is 7.45. The summed E-state index contributed by atoms with van der Waals surface area (Å²) in [6, 6.07) is 6.80. The summed E-state index contributed by atoms with van der Waals surface area (Å²) in [4.78, 5) is 11.9. The molecule has 0 radical (unpaired) electrons. The molecule has 0 heterocycles. The van der Waals surface area contributed by atoms with Crippen molar-refractivity contribution >= 4 is 11.7 Å². The third-order valence-electron chi connectivity index (χ3n) is 3.90. The monoisotopic (exact) mass is 286 g/mol. The van der Waals surface area contributed by atoms with Crippen molar-refractivity contribution in [1.29, 1.82) is 0 Å². The van der Waals surface area contributed by atoms with Crippen LogP contribution in [0.15, 0.2) is 24.3 Å². The summed E-state index contributed by atoms with van der Waals surface area (Å²) in [5, 5.41) is 16.0. The number of amides is 2. The number of urea groups is 1. The number of rotatable bonds is 3. The molecular weight excluding hydrogens is 264 g/mol. The molecule has 0 aliphatic heterocycles. The highest BCUT2D eigenvalue weighted by molar-refractivity contribution is 5.89. The number of benzene rings is 1. The summed E-state index contributed by atoms with van der Waals surface area (Å²) in [6.07, 6.45) is 11.2. The Balaban J connectivity index is 1.85. The SMILES string of the molecule is C#Cc1cccc(NC(=O)NCC2(O)CCCCCC2)c1. The first-order chi connectivity index (χ1) is 10.1. The molecule has 2 rings (SSSR count). The minimum atomic E-state index is -0.769. The number of aliphatic hydroxyl groups is 1. The molecule has 1 aliphatic carbocycles. The number of nitrogens with one attached hydrogen (secondary N) is 2. The van der Waals surface area contributed by atoms with Crippen molar-refractivity contribution in [1.82, 2.24) is 5.32 Å². The summed E-state index contributed by atoms with van der Waals surface area (Å²) >= 11 is 0. The molecule has 1 aromatic carbocycles. The topological polar surface area (TPSA) is 61.4 Å². The van der Waals surface area contributed by atoms with Crippen molar-refractivity contribution in [2.24, 2.45) is 0 Å². The maximum atomic E-state index is 11.9. The van der Waals surface area contributed by atoms with Gasteiger partial charge in [0.25, 0.3) is 0 Å². The summed E-state index contributed by atoms with van der Waals surface area (Å²) in [5.41, 5.74) is 0.597. The fourth-order valence-electron chi connectivity index (χ4n) is 2.67. The average molecular weight is 286 g/mol. The summed E-state index contributed by atoms with van der Waals surface area (Å²) in [6.45, 7) is 0.285. The van der Waals surface area contributed by atoms with Crippen LogP contribution in [-0.4, -0.2) is 23.3 Å². The van der Waals surface area contributed by atoms with Crippen molar-refractivity contribution in [3.63, 3.8) is 0 Å². The van der Waals surface area contributed by atoms with Gasteiger partial charge >= 0.3 is 6.03 Å². The van der Waals surface area contributed by atoms with E-state index in [2.05, 4.69) is 16.6 Å². The molecule has 0 aromatic heterocycles. The van der Waals surface area contributed by atoms with Gasteiger partial charge in [0.2, 0.25) is 0 Å². The van der Waals surface area contributed by atoms with Crippen LogP contribution in [0.5, 0.6) is 0 Å². The van der Waals surface area contributed by atoms with Crippen molar-refractivity contribution in [3.8, 4) is 12.3 Å². The second-order valence-corrected chi connectivity index (χ2v) is 5.67. The number of terminal acetylenes is 1. The molecule has 0 saturated heterocycles. The van der Waals surface area contributed by atoms with Gasteiger partial charge in [-0.2, -0.15) is 0 Å². The molecule has 0 unspecified atom stereocenters. The molecule has 1 aromatic rings. The van der Waals surface area contributed by atoms with E-state index >= 15 is 0 Å². The maximum Gasteiger partial charge on any atom is 0.319 e. The lowest BCUT2D eigenvalue weighted by molar-refractivity contribution is 0.0281. The molecule has 1 saturated carbocycles. The van der Waals surface area contributed by atoms with Gasteiger partial charge in [-0.3, -0.25) is 0 Å².